The number of ether oxygens (including phenoxy) is 1. The van der Waals surface area contributed by atoms with Crippen LogP contribution in [0.3, 0.4) is 0 Å². The smallest absolute Gasteiger partial charge is 0.246 e. The Morgan fingerprint density at radius 3 is 2.45 bits per heavy atom. The van der Waals surface area contributed by atoms with Crippen LogP contribution in [0.1, 0.15) is 5.56 Å². The normalized spacial score (nSPS) is 13.8. The standard InChI is InChI=1S/C19H15F3N4O4S/c1-30-17-5-15-10(4-14(17)22)19-16(6-24-15)25-7-18(27)26(19)8-11-12(20)2-9(3-13(11)21)31(23,28)29/h2-6,25H,7-8H2,1H3,(H2,23,28,29). The van der Waals surface area contributed by atoms with Crippen LogP contribution in [-0.2, 0) is 21.4 Å². The minimum absolute atomic E-state index is 0.0581. The molecular weight excluding hydrogens is 437 g/mol. The highest BCUT2D eigenvalue weighted by molar-refractivity contribution is 7.89. The van der Waals surface area contributed by atoms with E-state index in [1.54, 1.807) is 0 Å². The molecule has 8 nitrogen and oxygen atoms in total. The lowest BCUT2D eigenvalue weighted by Crippen LogP contribution is -2.40. The number of nitrogens with two attached hydrogens (primary N) is 1. The molecule has 0 radical (unpaired) electrons. The van der Waals surface area contributed by atoms with Gasteiger partial charge in [0, 0.05) is 17.0 Å². The Bertz CT molecular complexity index is 1320. The first-order chi connectivity index (χ1) is 14.6. The fraction of sp³-hybridized carbons (Fsp3) is 0.158. The number of hydrogen-bond acceptors (Lipinski definition) is 6. The predicted molar refractivity (Wildman–Crippen MR) is 106 cm³/mol. The van der Waals surface area contributed by atoms with Crippen LogP contribution < -0.4 is 20.1 Å². The minimum atomic E-state index is -4.33. The highest BCUT2D eigenvalue weighted by Crippen LogP contribution is 2.39. The van der Waals surface area contributed by atoms with Crippen molar-refractivity contribution in [1.82, 2.24) is 4.98 Å². The van der Waals surface area contributed by atoms with Crippen molar-refractivity contribution < 1.29 is 31.1 Å². The molecule has 0 aliphatic carbocycles. The van der Waals surface area contributed by atoms with Crippen molar-refractivity contribution in [3.63, 3.8) is 0 Å². The number of nitrogens with one attached hydrogen (secondary N) is 1. The molecule has 4 rings (SSSR count). The SMILES string of the molecule is COc1cc2ncc3c(c2cc1F)N(Cc1c(F)cc(S(N)(=O)=O)cc1F)C(=O)CN3. The summed E-state index contributed by atoms with van der Waals surface area (Å²) < 4.78 is 71.3. The Hall–Kier alpha value is -3.38. The van der Waals surface area contributed by atoms with Crippen LogP contribution in [0.4, 0.5) is 24.5 Å². The van der Waals surface area contributed by atoms with Gasteiger partial charge >= 0.3 is 0 Å². The number of nitrogens with zero attached hydrogens (tertiary/aromatic N) is 2. The van der Waals surface area contributed by atoms with Crippen LogP contribution in [0.2, 0.25) is 0 Å². The molecule has 0 bridgehead atoms. The summed E-state index contributed by atoms with van der Waals surface area (Å²) in [5.41, 5.74) is 0.285. The van der Waals surface area contributed by atoms with E-state index in [0.717, 1.165) is 11.0 Å². The second kappa shape index (κ2) is 7.39. The number of rotatable bonds is 4. The third-order valence-electron chi connectivity index (χ3n) is 4.87. The first-order valence-corrected chi connectivity index (χ1v) is 10.4. The fourth-order valence-corrected chi connectivity index (χ4v) is 3.90. The second-order valence-electron chi connectivity index (χ2n) is 6.77. The molecule has 2 heterocycles. The maximum atomic E-state index is 14.6. The highest BCUT2D eigenvalue weighted by Gasteiger charge is 2.29. The van der Waals surface area contributed by atoms with E-state index < -0.39 is 50.4 Å². The highest BCUT2D eigenvalue weighted by atomic mass is 32.2. The molecule has 12 heteroatoms. The number of pyridine rings is 1. The van der Waals surface area contributed by atoms with Gasteiger partial charge in [0.2, 0.25) is 15.9 Å². The summed E-state index contributed by atoms with van der Waals surface area (Å²) >= 11 is 0. The van der Waals surface area contributed by atoms with Crippen molar-refractivity contribution in [2.45, 2.75) is 11.4 Å². The Labute approximate surface area is 174 Å². The third kappa shape index (κ3) is 3.64. The van der Waals surface area contributed by atoms with Gasteiger partial charge in [0.05, 0.1) is 48.2 Å². The van der Waals surface area contributed by atoms with E-state index in [4.69, 9.17) is 9.88 Å². The van der Waals surface area contributed by atoms with Crippen molar-refractivity contribution in [3.05, 3.63) is 53.5 Å². The number of sulfonamides is 1. The van der Waals surface area contributed by atoms with Crippen LogP contribution in [0.25, 0.3) is 10.9 Å². The quantitative estimate of drug-likeness (QED) is 0.628. The Kier molecular flexibility index (Phi) is 4.98. The van der Waals surface area contributed by atoms with Crippen molar-refractivity contribution in [1.29, 1.82) is 0 Å². The van der Waals surface area contributed by atoms with E-state index in [0.29, 0.717) is 23.3 Å². The van der Waals surface area contributed by atoms with Gasteiger partial charge in [-0.15, -0.1) is 0 Å². The number of methoxy groups -OCH3 is 1. The average Bonchev–Trinajstić information content (AvgIpc) is 2.70. The molecular formula is C19H15F3N4O4S. The zero-order chi connectivity index (χ0) is 22.5. The zero-order valence-corrected chi connectivity index (χ0v) is 16.8. The van der Waals surface area contributed by atoms with E-state index in [-0.39, 0.29) is 23.4 Å². The van der Waals surface area contributed by atoms with Crippen molar-refractivity contribution in [3.8, 4) is 5.75 Å². The van der Waals surface area contributed by atoms with Crippen LogP contribution in [-0.4, -0.2) is 33.0 Å². The lowest BCUT2D eigenvalue weighted by molar-refractivity contribution is -0.117. The van der Waals surface area contributed by atoms with Gasteiger partial charge in [-0.25, -0.2) is 26.7 Å². The summed E-state index contributed by atoms with van der Waals surface area (Å²) in [5, 5.41) is 7.98. The molecule has 0 saturated carbocycles. The first-order valence-electron chi connectivity index (χ1n) is 8.81. The minimum Gasteiger partial charge on any atom is -0.494 e. The van der Waals surface area contributed by atoms with Crippen LogP contribution in [0.15, 0.2) is 35.4 Å². The van der Waals surface area contributed by atoms with Gasteiger partial charge in [-0.1, -0.05) is 0 Å². The molecule has 162 valence electrons. The molecule has 1 aromatic heterocycles. The van der Waals surface area contributed by atoms with Crippen LogP contribution in [0.5, 0.6) is 5.75 Å². The average molecular weight is 452 g/mol. The third-order valence-corrected chi connectivity index (χ3v) is 5.77. The molecule has 0 spiro atoms. The molecule has 1 amide bonds. The summed E-state index contributed by atoms with van der Waals surface area (Å²) in [4.78, 5) is 17.2. The number of fused-ring (bicyclic) bond motifs is 3. The molecule has 0 fully saturated rings. The molecule has 3 aromatic rings. The Balaban J connectivity index is 1.87. The number of carbonyl (C=O) groups excluding carboxylic acids is 1. The summed E-state index contributed by atoms with van der Waals surface area (Å²) in [5.74, 6) is -3.69. The van der Waals surface area contributed by atoms with Gasteiger partial charge in [0.1, 0.15) is 11.6 Å². The van der Waals surface area contributed by atoms with E-state index in [9.17, 15) is 26.4 Å². The lowest BCUT2D eigenvalue weighted by Gasteiger charge is -2.31. The maximum absolute atomic E-state index is 14.6. The summed E-state index contributed by atoms with van der Waals surface area (Å²) in [7, 11) is -3.04. The van der Waals surface area contributed by atoms with E-state index in [2.05, 4.69) is 10.3 Å². The van der Waals surface area contributed by atoms with Gasteiger partial charge in [-0.05, 0) is 18.2 Å². The fourth-order valence-electron chi connectivity index (χ4n) is 3.37. The van der Waals surface area contributed by atoms with Gasteiger partial charge in [-0.2, -0.15) is 0 Å². The molecule has 31 heavy (non-hydrogen) atoms. The van der Waals surface area contributed by atoms with Gasteiger partial charge in [0.15, 0.2) is 11.6 Å². The van der Waals surface area contributed by atoms with Crippen molar-refractivity contribution in [2.24, 2.45) is 5.14 Å². The van der Waals surface area contributed by atoms with Gasteiger partial charge in [0.25, 0.3) is 0 Å². The number of aromatic nitrogens is 1. The maximum Gasteiger partial charge on any atom is 0.246 e. The van der Waals surface area contributed by atoms with Crippen LogP contribution >= 0.6 is 0 Å². The number of hydrogen-bond donors (Lipinski definition) is 2. The molecule has 1 aliphatic rings. The first kappa shape index (κ1) is 20.9. The van der Waals surface area contributed by atoms with Gasteiger partial charge in [-0.3, -0.25) is 9.78 Å². The van der Waals surface area contributed by atoms with E-state index in [1.165, 1.54) is 19.4 Å². The largest absolute Gasteiger partial charge is 0.494 e. The van der Waals surface area contributed by atoms with E-state index in [1.807, 2.05) is 0 Å². The Morgan fingerprint density at radius 2 is 1.84 bits per heavy atom. The summed E-state index contributed by atoms with van der Waals surface area (Å²) in [6.07, 6.45) is 1.41. The number of primary sulfonamides is 1. The van der Waals surface area contributed by atoms with Crippen molar-refractivity contribution in [2.75, 3.05) is 23.9 Å². The number of anilines is 2. The van der Waals surface area contributed by atoms with Crippen LogP contribution in [0, 0.1) is 17.5 Å². The van der Waals surface area contributed by atoms with Gasteiger partial charge < -0.3 is 15.0 Å². The zero-order valence-electron chi connectivity index (χ0n) is 15.9. The second-order valence-corrected chi connectivity index (χ2v) is 8.33. The lowest BCUT2D eigenvalue weighted by atomic mass is 10.1. The topological polar surface area (TPSA) is 115 Å². The molecule has 2 aromatic carbocycles. The summed E-state index contributed by atoms with van der Waals surface area (Å²) in [6, 6.07) is 3.61. The molecule has 0 atom stereocenters. The van der Waals surface area contributed by atoms with Crippen molar-refractivity contribution >= 4 is 38.2 Å². The molecule has 0 saturated heterocycles. The molecule has 1 aliphatic heterocycles. The molecule has 3 N–H and O–H groups in total. The number of benzene rings is 2. The Morgan fingerprint density at radius 1 is 1.16 bits per heavy atom. The number of carbonyl (C=O) groups is 1. The van der Waals surface area contributed by atoms with E-state index >= 15 is 0 Å². The summed E-state index contributed by atoms with van der Waals surface area (Å²) in [6.45, 7) is -0.750. The molecule has 0 unspecified atom stereocenters. The monoisotopic (exact) mass is 452 g/mol. The number of halogens is 3. The predicted octanol–water partition coefficient (Wildman–Crippen LogP) is 2.27. The number of amides is 1.